The van der Waals surface area contributed by atoms with Gasteiger partial charge in [-0.1, -0.05) is 0 Å². The summed E-state index contributed by atoms with van der Waals surface area (Å²) in [6.45, 7) is 4.23. The van der Waals surface area contributed by atoms with Crippen LogP contribution in [0.3, 0.4) is 0 Å². The molecule has 2 aromatic carbocycles. The molecule has 1 aliphatic carbocycles. The molecular weight excluding hydrogens is 429 g/mol. The zero-order chi connectivity index (χ0) is 24.0. The molecule has 0 saturated heterocycles. The van der Waals surface area contributed by atoms with Gasteiger partial charge in [-0.3, -0.25) is 9.48 Å². The van der Waals surface area contributed by atoms with Gasteiger partial charge < -0.3 is 16.5 Å². The first-order valence-corrected chi connectivity index (χ1v) is 11.8. The summed E-state index contributed by atoms with van der Waals surface area (Å²) in [6.07, 6.45) is 7.45. The lowest BCUT2D eigenvalue weighted by atomic mass is 9.77. The third kappa shape index (κ3) is 4.17. The van der Waals surface area contributed by atoms with Crippen LogP contribution in [0.5, 0.6) is 0 Å². The molecule has 0 spiro atoms. The van der Waals surface area contributed by atoms with Crippen LogP contribution >= 0.6 is 0 Å². The van der Waals surface area contributed by atoms with Gasteiger partial charge in [0, 0.05) is 34.3 Å². The van der Waals surface area contributed by atoms with Crippen LogP contribution in [0.15, 0.2) is 54.9 Å². The van der Waals surface area contributed by atoms with Crippen LogP contribution in [0, 0.1) is 11.7 Å². The first-order valence-electron chi connectivity index (χ1n) is 11.8. The van der Waals surface area contributed by atoms with Crippen LogP contribution in [0.4, 0.5) is 4.39 Å². The summed E-state index contributed by atoms with van der Waals surface area (Å²) < 4.78 is 15.3. The van der Waals surface area contributed by atoms with Gasteiger partial charge >= 0.3 is 0 Å². The van der Waals surface area contributed by atoms with Crippen LogP contribution in [0.25, 0.3) is 10.9 Å². The van der Waals surface area contributed by atoms with Crippen molar-refractivity contribution in [1.82, 2.24) is 14.8 Å². The van der Waals surface area contributed by atoms with Crippen molar-refractivity contribution in [1.29, 1.82) is 0 Å². The summed E-state index contributed by atoms with van der Waals surface area (Å²) in [4.78, 5) is 16.4. The number of hydrogen-bond acceptors (Lipinski definition) is 4. The number of rotatable bonds is 6. The second-order valence-electron chi connectivity index (χ2n) is 9.85. The number of benzene rings is 2. The number of halogens is 1. The quantitative estimate of drug-likeness (QED) is 0.290. The van der Waals surface area contributed by atoms with Gasteiger partial charge in [-0.15, -0.1) is 0 Å². The Balaban J connectivity index is 1.42. The number of nitrogens with one attached hydrogen (secondary N) is 1. The lowest BCUT2D eigenvalue weighted by molar-refractivity contribution is 0.103. The zero-order valence-electron chi connectivity index (χ0n) is 19.5. The highest BCUT2D eigenvalue weighted by molar-refractivity contribution is 6.10. The van der Waals surface area contributed by atoms with E-state index in [1.54, 1.807) is 6.07 Å². The minimum Gasteiger partial charge on any atom is -0.356 e. The fourth-order valence-corrected chi connectivity index (χ4v) is 5.07. The first-order chi connectivity index (χ1) is 16.2. The van der Waals surface area contributed by atoms with Gasteiger partial charge in [-0.25, -0.2) is 4.39 Å². The van der Waals surface area contributed by atoms with Gasteiger partial charge in [-0.05, 0) is 99.0 Å². The minimum absolute atomic E-state index is 0.141. The van der Waals surface area contributed by atoms with Crippen molar-refractivity contribution in [3.63, 3.8) is 0 Å². The Morgan fingerprint density at radius 3 is 2.65 bits per heavy atom. The number of H-pyrrole nitrogens is 1. The monoisotopic (exact) mass is 459 g/mol. The maximum absolute atomic E-state index is 13.3. The summed E-state index contributed by atoms with van der Waals surface area (Å²) in [6, 6.07) is 11.6. The number of nitrogens with two attached hydrogens (primary N) is 2. The van der Waals surface area contributed by atoms with E-state index in [-0.39, 0.29) is 11.6 Å². The van der Waals surface area contributed by atoms with Crippen molar-refractivity contribution in [3.05, 3.63) is 88.6 Å². The van der Waals surface area contributed by atoms with E-state index in [2.05, 4.69) is 30.1 Å². The molecule has 0 fully saturated rings. The van der Waals surface area contributed by atoms with Gasteiger partial charge in [0.15, 0.2) is 5.78 Å². The Morgan fingerprint density at radius 2 is 1.94 bits per heavy atom. The second kappa shape index (κ2) is 8.49. The normalized spacial score (nSPS) is 17.3. The SMILES string of the molecule is CC(C)n1cc(CCC2Cc3c([nH]c4ccc(C(=O)c5ccc(F)cc5)cc34)C(N)(N)C2)cn1. The molecule has 1 aliphatic rings. The molecule has 7 heteroatoms. The van der Waals surface area contributed by atoms with Crippen LogP contribution in [0.1, 0.15) is 65.5 Å². The predicted molar refractivity (Wildman–Crippen MR) is 131 cm³/mol. The molecule has 5 rings (SSSR count). The zero-order valence-corrected chi connectivity index (χ0v) is 19.5. The van der Waals surface area contributed by atoms with Crippen LogP contribution in [-0.4, -0.2) is 20.5 Å². The largest absolute Gasteiger partial charge is 0.356 e. The standard InChI is InChI=1S/C27H30FN5O/c1-16(2)33-15-18(14-31-33)4-3-17-11-23-22-12-20(25(34)19-5-8-21(28)9-6-19)7-10-24(22)32-26(23)27(29,30)13-17/h5-10,12,14-17,32H,3-4,11,13,29-30H2,1-2H3. The van der Waals surface area contributed by atoms with E-state index in [1.807, 2.05) is 23.0 Å². The van der Waals surface area contributed by atoms with Crippen molar-refractivity contribution in [2.75, 3.05) is 0 Å². The van der Waals surface area contributed by atoms with E-state index < -0.39 is 5.66 Å². The molecule has 4 aromatic rings. The highest BCUT2D eigenvalue weighted by Crippen LogP contribution is 2.39. The number of carbonyl (C=O) groups excluding carboxylic acids is 1. The highest BCUT2D eigenvalue weighted by atomic mass is 19.1. The molecule has 1 unspecified atom stereocenters. The van der Waals surface area contributed by atoms with Crippen molar-refractivity contribution in [2.24, 2.45) is 17.4 Å². The molecule has 0 radical (unpaired) electrons. The van der Waals surface area contributed by atoms with Crippen molar-refractivity contribution in [2.45, 2.75) is 51.2 Å². The third-order valence-corrected chi connectivity index (χ3v) is 6.88. The first kappa shape index (κ1) is 22.5. The maximum Gasteiger partial charge on any atom is 0.193 e. The number of nitrogens with zero attached hydrogens (tertiary/aromatic N) is 2. The van der Waals surface area contributed by atoms with E-state index >= 15 is 0 Å². The van der Waals surface area contributed by atoms with Crippen molar-refractivity contribution < 1.29 is 9.18 Å². The molecule has 2 heterocycles. The maximum atomic E-state index is 13.3. The van der Waals surface area contributed by atoms with E-state index in [0.717, 1.165) is 41.4 Å². The molecule has 0 amide bonds. The fraction of sp³-hybridized carbons (Fsp3) is 0.333. The minimum atomic E-state index is -0.958. The Hall–Kier alpha value is -3.29. The number of ketones is 1. The smallest absolute Gasteiger partial charge is 0.193 e. The summed E-state index contributed by atoms with van der Waals surface area (Å²) >= 11 is 0. The molecule has 6 nitrogen and oxygen atoms in total. The molecular formula is C27H30FN5O. The Bertz CT molecular complexity index is 1350. The average Bonchev–Trinajstić information content (AvgIpc) is 3.43. The summed E-state index contributed by atoms with van der Waals surface area (Å²) in [5.41, 5.74) is 17.3. The van der Waals surface area contributed by atoms with Gasteiger partial charge in [0.25, 0.3) is 0 Å². The Morgan fingerprint density at radius 1 is 1.21 bits per heavy atom. The van der Waals surface area contributed by atoms with Crippen molar-refractivity contribution in [3.8, 4) is 0 Å². The van der Waals surface area contributed by atoms with E-state index in [4.69, 9.17) is 11.5 Å². The molecule has 5 N–H and O–H groups in total. The van der Waals surface area contributed by atoms with Crippen molar-refractivity contribution >= 4 is 16.7 Å². The molecule has 176 valence electrons. The van der Waals surface area contributed by atoms with E-state index in [1.165, 1.54) is 29.8 Å². The summed E-state index contributed by atoms with van der Waals surface area (Å²) in [7, 11) is 0. The fourth-order valence-electron chi connectivity index (χ4n) is 5.07. The van der Waals surface area contributed by atoms with Gasteiger partial charge in [0.2, 0.25) is 0 Å². The third-order valence-electron chi connectivity index (χ3n) is 6.88. The average molecular weight is 460 g/mol. The number of aryl methyl sites for hydroxylation is 1. The lowest BCUT2D eigenvalue weighted by Crippen LogP contribution is -2.50. The Kier molecular flexibility index (Phi) is 5.62. The molecule has 0 bridgehead atoms. The Labute approximate surface area is 198 Å². The molecule has 0 saturated carbocycles. The molecule has 2 aromatic heterocycles. The number of aromatic nitrogens is 3. The summed E-state index contributed by atoms with van der Waals surface area (Å²) in [5.74, 6) is -0.185. The van der Waals surface area contributed by atoms with E-state index in [0.29, 0.717) is 29.5 Å². The molecule has 1 atom stereocenters. The topological polar surface area (TPSA) is 103 Å². The number of hydrogen-bond donors (Lipinski definition) is 3. The predicted octanol–water partition coefficient (Wildman–Crippen LogP) is 4.58. The van der Waals surface area contributed by atoms with Crippen LogP contribution in [0.2, 0.25) is 0 Å². The van der Waals surface area contributed by atoms with E-state index in [9.17, 15) is 9.18 Å². The van der Waals surface area contributed by atoms with Gasteiger partial charge in [0.1, 0.15) is 11.5 Å². The van der Waals surface area contributed by atoms with Crippen LogP contribution < -0.4 is 11.5 Å². The van der Waals surface area contributed by atoms with Crippen LogP contribution in [-0.2, 0) is 18.5 Å². The number of fused-ring (bicyclic) bond motifs is 3. The lowest BCUT2D eigenvalue weighted by Gasteiger charge is -2.35. The van der Waals surface area contributed by atoms with Gasteiger partial charge in [-0.2, -0.15) is 5.10 Å². The number of carbonyl (C=O) groups is 1. The van der Waals surface area contributed by atoms with Gasteiger partial charge in [0.05, 0.1) is 11.9 Å². The number of aromatic amines is 1. The molecule has 34 heavy (non-hydrogen) atoms. The second-order valence-corrected chi connectivity index (χ2v) is 9.85. The summed E-state index contributed by atoms with van der Waals surface area (Å²) in [5, 5.41) is 5.41. The molecule has 0 aliphatic heterocycles. The highest BCUT2D eigenvalue weighted by Gasteiger charge is 2.36.